The maximum absolute atomic E-state index is 12.7. The van der Waals surface area contributed by atoms with E-state index in [2.05, 4.69) is 19.8 Å². The first-order valence-electron chi connectivity index (χ1n) is 6.29. The number of nitrogens with zero attached hydrogens (tertiary/aromatic N) is 4. The van der Waals surface area contributed by atoms with Crippen LogP contribution in [0, 0.1) is 5.82 Å². The van der Waals surface area contributed by atoms with E-state index < -0.39 is 0 Å². The molecular weight excluding hydrogens is 219 g/mol. The van der Waals surface area contributed by atoms with Crippen molar-refractivity contribution in [1.29, 1.82) is 0 Å². The third-order valence-corrected chi connectivity index (χ3v) is 3.79. The highest BCUT2D eigenvalue weighted by molar-refractivity contribution is 5.29. The van der Waals surface area contributed by atoms with Gasteiger partial charge in [-0.25, -0.2) is 14.4 Å². The maximum Gasteiger partial charge on any atom is 0.225 e. The molecule has 2 fully saturated rings. The Morgan fingerprint density at radius 1 is 1.06 bits per heavy atom. The largest absolute Gasteiger partial charge is 0.338 e. The predicted molar refractivity (Wildman–Crippen MR) is 63.4 cm³/mol. The molecule has 0 N–H and O–H groups in total. The summed E-state index contributed by atoms with van der Waals surface area (Å²) in [7, 11) is 0. The summed E-state index contributed by atoms with van der Waals surface area (Å²) in [6.07, 6.45) is 6.56. The Morgan fingerprint density at radius 3 is 2.24 bits per heavy atom. The minimum Gasteiger partial charge on any atom is -0.338 e. The molecule has 0 spiro atoms. The molecule has 92 valence electrons. The van der Waals surface area contributed by atoms with Crippen LogP contribution in [0.1, 0.15) is 19.3 Å². The molecule has 3 rings (SSSR count). The Morgan fingerprint density at radius 2 is 1.71 bits per heavy atom. The van der Waals surface area contributed by atoms with Crippen molar-refractivity contribution in [3.8, 4) is 0 Å². The highest BCUT2D eigenvalue weighted by atomic mass is 19.1. The molecule has 2 aliphatic rings. The van der Waals surface area contributed by atoms with E-state index in [1.54, 1.807) is 0 Å². The third kappa shape index (κ3) is 2.24. The van der Waals surface area contributed by atoms with Crippen LogP contribution in [-0.4, -0.2) is 47.1 Å². The summed E-state index contributed by atoms with van der Waals surface area (Å²) in [5, 5.41) is 0. The van der Waals surface area contributed by atoms with Gasteiger partial charge in [0, 0.05) is 32.2 Å². The fourth-order valence-electron chi connectivity index (χ4n) is 2.51. The van der Waals surface area contributed by atoms with E-state index in [0.29, 0.717) is 5.95 Å². The highest BCUT2D eigenvalue weighted by Crippen LogP contribution is 2.25. The van der Waals surface area contributed by atoms with Crippen LogP contribution in [0.5, 0.6) is 0 Å². The van der Waals surface area contributed by atoms with Gasteiger partial charge in [-0.1, -0.05) is 6.42 Å². The monoisotopic (exact) mass is 236 g/mol. The van der Waals surface area contributed by atoms with Gasteiger partial charge in [-0.2, -0.15) is 0 Å². The lowest BCUT2D eigenvalue weighted by Crippen LogP contribution is -2.52. The fraction of sp³-hybridized carbons (Fsp3) is 0.667. The quantitative estimate of drug-likeness (QED) is 0.774. The molecule has 0 atom stereocenters. The van der Waals surface area contributed by atoms with E-state index in [9.17, 15) is 4.39 Å². The van der Waals surface area contributed by atoms with Crippen LogP contribution in [0.2, 0.25) is 0 Å². The summed E-state index contributed by atoms with van der Waals surface area (Å²) < 4.78 is 12.7. The van der Waals surface area contributed by atoms with Gasteiger partial charge < -0.3 is 4.90 Å². The van der Waals surface area contributed by atoms with Gasteiger partial charge in [0.05, 0.1) is 12.4 Å². The zero-order chi connectivity index (χ0) is 11.7. The van der Waals surface area contributed by atoms with Crippen LogP contribution in [0.15, 0.2) is 12.4 Å². The molecule has 1 aliphatic carbocycles. The Balaban J connectivity index is 1.58. The first kappa shape index (κ1) is 10.9. The summed E-state index contributed by atoms with van der Waals surface area (Å²) in [5.41, 5.74) is 0. The third-order valence-electron chi connectivity index (χ3n) is 3.79. The topological polar surface area (TPSA) is 32.3 Å². The van der Waals surface area contributed by atoms with Gasteiger partial charge in [0.25, 0.3) is 0 Å². The number of aromatic nitrogens is 2. The van der Waals surface area contributed by atoms with E-state index in [1.165, 1.54) is 31.7 Å². The van der Waals surface area contributed by atoms with Crippen molar-refractivity contribution in [3.63, 3.8) is 0 Å². The summed E-state index contributed by atoms with van der Waals surface area (Å²) in [5.74, 6) is 0.279. The van der Waals surface area contributed by atoms with Crippen LogP contribution in [0.4, 0.5) is 10.3 Å². The summed E-state index contributed by atoms with van der Waals surface area (Å²) >= 11 is 0. The number of hydrogen-bond acceptors (Lipinski definition) is 4. The van der Waals surface area contributed by atoms with Crippen LogP contribution in [0.3, 0.4) is 0 Å². The average Bonchev–Trinajstić information content (AvgIpc) is 2.29. The average molecular weight is 236 g/mol. The van der Waals surface area contributed by atoms with Crippen molar-refractivity contribution >= 4 is 5.95 Å². The Hall–Kier alpha value is -1.23. The summed E-state index contributed by atoms with van der Waals surface area (Å²) in [4.78, 5) is 12.7. The van der Waals surface area contributed by atoms with Crippen LogP contribution >= 0.6 is 0 Å². The van der Waals surface area contributed by atoms with Crippen LogP contribution in [0.25, 0.3) is 0 Å². The number of hydrogen-bond donors (Lipinski definition) is 0. The molecule has 1 aromatic rings. The number of halogens is 1. The molecule has 4 nitrogen and oxygen atoms in total. The molecular formula is C12H17FN4. The molecule has 5 heteroatoms. The lowest BCUT2D eigenvalue weighted by Gasteiger charge is -2.42. The molecule has 0 radical (unpaired) electrons. The van der Waals surface area contributed by atoms with E-state index in [4.69, 9.17) is 0 Å². The van der Waals surface area contributed by atoms with Gasteiger partial charge in [-0.05, 0) is 12.8 Å². The second-order valence-corrected chi connectivity index (χ2v) is 4.81. The predicted octanol–water partition coefficient (Wildman–Crippen LogP) is 1.29. The van der Waals surface area contributed by atoms with Crippen LogP contribution in [-0.2, 0) is 0 Å². The van der Waals surface area contributed by atoms with Crippen LogP contribution < -0.4 is 4.90 Å². The zero-order valence-corrected chi connectivity index (χ0v) is 9.85. The van der Waals surface area contributed by atoms with E-state index in [1.807, 2.05) is 0 Å². The number of anilines is 1. The zero-order valence-electron chi connectivity index (χ0n) is 9.85. The molecule has 0 bridgehead atoms. The Kier molecular flexibility index (Phi) is 2.93. The smallest absolute Gasteiger partial charge is 0.225 e. The van der Waals surface area contributed by atoms with E-state index in [-0.39, 0.29) is 5.82 Å². The number of rotatable bonds is 2. The van der Waals surface area contributed by atoms with Gasteiger partial charge in [0.2, 0.25) is 5.95 Å². The molecule has 0 amide bonds. The standard InChI is InChI=1S/C12H17FN4/c13-10-8-14-12(15-9-10)17-6-4-16(5-7-17)11-2-1-3-11/h8-9,11H,1-7H2. The van der Waals surface area contributed by atoms with Crippen molar-refractivity contribution < 1.29 is 4.39 Å². The van der Waals surface area contributed by atoms with Gasteiger partial charge in [0.1, 0.15) is 0 Å². The van der Waals surface area contributed by atoms with Crippen molar-refractivity contribution in [1.82, 2.24) is 14.9 Å². The van der Waals surface area contributed by atoms with Crippen molar-refractivity contribution in [2.75, 3.05) is 31.1 Å². The molecule has 1 saturated carbocycles. The molecule has 1 aliphatic heterocycles. The lowest BCUT2D eigenvalue weighted by molar-refractivity contribution is 0.120. The molecule has 0 aromatic carbocycles. The summed E-state index contributed by atoms with van der Waals surface area (Å²) in [6.45, 7) is 4.04. The molecule has 0 unspecified atom stereocenters. The van der Waals surface area contributed by atoms with Crippen molar-refractivity contribution in [2.45, 2.75) is 25.3 Å². The van der Waals surface area contributed by atoms with Crippen molar-refractivity contribution in [3.05, 3.63) is 18.2 Å². The van der Waals surface area contributed by atoms with Gasteiger partial charge in [-0.15, -0.1) is 0 Å². The normalized spacial score (nSPS) is 22.5. The minimum absolute atomic E-state index is 0.373. The first-order chi connectivity index (χ1) is 8.33. The summed E-state index contributed by atoms with van der Waals surface area (Å²) in [6, 6.07) is 0.811. The fourth-order valence-corrected chi connectivity index (χ4v) is 2.51. The van der Waals surface area contributed by atoms with Crippen molar-refractivity contribution in [2.24, 2.45) is 0 Å². The second kappa shape index (κ2) is 4.56. The van der Waals surface area contributed by atoms with E-state index >= 15 is 0 Å². The van der Waals surface area contributed by atoms with Gasteiger partial charge in [-0.3, -0.25) is 4.90 Å². The molecule has 1 aromatic heterocycles. The maximum atomic E-state index is 12.7. The molecule has 2 heterocycles. The molecule has 17 heavy (non-hydrogen) atoms. The Labute approximate surface area is 100 Å². The SMILES string of the molecule is Fc1cnc(N2CCN(C3CCC3)CC2)nc1. The Bertz CT molecular complexity index is 369. The first-order valence-corrected chi connectivity index (χ1v) is 6.29. The molecule has 1 saturated heterocycles. The van der Waals surface area contributed by atoms with Gasteiger partial charge in [0.15, 0.2) is 5.82 Å². The minimum atomic E-state index is -0.373. The highest BCUT2D eigenvalue weighted by Gasteiger charge is 2.28. The van der Waals surface area contributed by atoms with E-state index in [0.717, 1.165) is 32.2 Å². The lowest BCUT2D eigenvalue weighted by atomic mass is 9.91. The second-order valence-electron chi connectivity index (χ2n) is 4.81. The number of piperazine rings is 1. The van der Waals surface area contributed by atoms with Gasteiger partial charge >= 0.3 is 0 Å².